The normalized spacial score (nSPS) is 14.8. The molecule has 0 bridgehead atoms. The lowest BCUT2D eigenvalue weighted by atomic mass is 10.2. The summed E-state index contributed by atoms with van der Waals surface area (Å²) in [6, 6.07) is 9.86. The molecule has 1 saturated heterocycles. The van der Waals surface area contributed by atoms with E-state index in [4.69, 9.17) is 23.8 Å². The number of anilines is 2. The van der Waals surface area contributed by atoms with Crippen LogP contribution in [0.15, 0.2) is 35.3 Å². The first-order chi connectivity index (χ1) is 13.4. The lowest BCUT2D eigenvalue weighted by Crippen LogP contribution is -2.51. The van der Waals surface area contributed by atoms with Crippen molar-refractivity contribution in [1.82, 2.24) is 20.2 Å². The molecule has 2 aromatic rings. The van der Waals surface area contributed by atoms with E-state index in [-0.39, 0.29) is 0 Å². The Morgan fingerprint density at radius 2 is 1.68 bits per heavy atom. The van der Waals surface area contributed by atoms with Gasteiger partial charge in [0, 0.05) is 55.3 Å². The number of aromatic nitrogens is 2. The summed E-state index contributed by atoms with van der Waals surface area (Å²) in [5.41, 5.74) is 2.97. The van der Waals surface area contributed by atoms with Gasteiger partial charge in [-0.1, -0.05) is 11.6 Å². The molecule has 0 saturated carbocycles. The van der Waals surface area contributed by atoms with Crippen molar-refractivity contribution in [3.63, 3.8) is 0 Å². The minimum atomic E-state index is 0.409. The molecule has 0 atom stereocenters. The number of nitrogens with zero attached hydrogens (tertiary/aromatic N) is 5. The molecule has 1 aliphatic heterocycles. The topological polar surface area (TPSA) is 68.7 Å². The molecule has 0 aliphatic carbocycles. The molecule has 1 fully saturated rings. The Bertz CT molecular complexity index is 841. The van der Waals surface area contributed by atoms with Crippen LogP contribution < -0.4 is 15.5 Å². The molecule has 2 heterocycles. The Balaban J connectivity index is 1.73. The van der Waals surface area contributed by atoms with Crippen molar-refractivity contribution in [2.75, 3.05) is 43.4 Å². The van der Waals surface area contributed by atoms with Gasteiger partial charge in [0.15, 0.2) is 5.11 Å². The standard InChI is InChI=1S/C19H24ClN7S/c1-13-12-14(2)23-17(22-13)24-18(25-19(28)21-3)27-10-8-26(9-11-27)16-6-4-15(20)5-7-16/h4-7,12H,8-11H2,1-3H3,(H2,21,22,23,24,25,28). The second kappa shape index (κ2) is 9.16. The average Bonchev–Trinajstić information content (AvgIpc) is 2.67. The van der Waals surface area contributed by atoms with Gasteiger partial charge >= 0.3 is 0 Å². The zero-order valence-electron chi connectivity index (χ0n) is 16.2. The Hall–Kier alpha value is -2.45. The smallest absolute Gasteiger partial charge is 0.229 e. The number of benzene rings is 1. The second-order valence-corrected chi connectivity index (χ2v) is 7.36. The molecule has 0 radical (unpaired) electrons. The Labute approximate surface area is 175 Å². The molecule has 9 heteroatoms. The van der Waals surface area contributed by atoms with Crippen LogP contribution in [0.4, 0.5) is 11.6 Å². The summed E-state index contributed by atoms with van der Waals surface area (Å²) in [5.74, 6) is 1.18. The molecule has 2 N–H and O–H groups in total. The quantitative estimate of drug-likeness (QED) is 0.442. The number of halogens is 1. The van der Waals surface area contributed by atoms with Gasteiger partial charge in [0.1, 0.15) is 0 Å². The zero-order chi connectivity index (χ0) is 20.1. The fourth-order valence-electron chi connectivity index (χ4n) is 3.04. The molecule has 0 unspecified atom stereocenters. The number of piperazine rings is 1. The van der Waals surface area contributed by atoms with Crippen molar-refractivity contribution >= 4 is 46.5 Å². The van der Waals surface area contributed by atoms with Crippen LogP contribution in [0.2, 0.25) is 5.02 Å². The predicted molar refractivity (Wildman–Crippen MR) is 119 cm³/mol. The highest BCUT2D eigenvalue weighted by molar-refractivity contribution is 7.80. The van der Waals surface area contributed by atoms with E-state index in [1.54, 1.807) is 7.05 Å². The summed E-state index contributed by atoms with van der Waals surface area (Å²) in [5, 5.41) is 7.30. The van der Waals surface area contributed by atoms with Gasteiger partial charge in [0.05, 0.1) is 0 Å². The maximum absolute atomic E-state index is 6.00. The monoisotopic (exact) mass is 417 g/mol. The van der Waals surface area contributed by atoms with E-state index in [0.29, 0.717) is 17.0 Å². The number of aliphatic imine (C=N–C) groups is 1. The van der Waals surface area contributed by atoms with Crippen molar-refractivity contribution in [1.29, 1.82) is 0 Å². The Morgan fingerprint density at radius 1 is 1.07 bits per heavy atom. The maximum Gasteiger partial charge on any atom is 0.229 e. The van der Waals surface area contributed by atoms with Crippen LogP contribution in [0, 0.1) is 13.8 Å². The molecule has 0 amide bonds. The Morgan fingerprint density at radius 3 is 2.25 bits per heavy atom. The highest BCUT2D eigenvalue weighted by Crippen LogP contribution is 2.19. The number of thiocarbonyl (C=S) groups is 1. The summed E-state index contributed by atoms with van der Waals surface area (Å²) in [6.07, 6.45) is 0. The minimum Gasteiger partial charge on any atom is -0.368 e. The van der Waals surface area contributed by atoms with E-state index in [0.717, 1.165) is 42.6 Å². The van der Waals surface area contributed by atoms with Gasteiger partial charge in [-0.2, -0.15) is 4.99 Å². The summed E-state index contributed by atoms with van der Waals surface area (Å²) < 4.78 is 0. The van der Waals surface area contributed by atoms with Gasteiger partial charge < -0.3 is 15.1 Å². The van der Waals surface area contributed by atoms with Crippen molar-refractivity contribution in [3.8, 4) is 0 Å². The number of hydrogen-bond donors (Lipinski definition) is 2. The van der Waals surface area contributed by atoms with E-state index < -0.39 is 0 Å². The lowest BCUT2D eigenvalue weighted by molar-refractivity contribution is 0.385. The first kappa shape index (κ1) is 20.3. The van der Waals surface area contributed by atoms with Gasteiger partial charge in [-0.05, 0) is 56.4 Å². The van der Waals surface area contributed by atoms with Gasteiger partial charge in [-0.15, -0.1) is 0 Å². The number of guanidine groups is 1. The highest BCUT2D eigenvalue weighted by atomic mass is 35.5. The van der Waals surface area contributed by atoms with Crippen molar-refractivity contribution in [2.24, 2.45) is 4.99 Å². The number of nitrogens with one attached hydrogen (secondary N) is 2. The first-order valence-corrected chi connectivity index (χ1v) is 9.88. The third-order valence-electron chi connectivity index (χ3n) is 4.40. The lowest BCUT2D eigenvalue weighted by Gasteiger charge is -2.37. The summed E-state index contributed by atoms with van der Waals surface area (Å²) in [6.45, 7) is 7.21. The number of rotatable bonds is 2. The number of hydrogen-bond acceptors (Lipinski definition) is 4. The minimum absolute atomic E-state index is 0.409. The molecular weight excluding hydrogens is 394 g/mol. The predicted octanol–water partition coefficient (Wildman–Crippen LogP) is 2.84. The van der Waals surface area contributed by atoms with Gasteiger partial charge in [-0.3, -0.25) is 5.32 Å². The van der Waals surface area contributed by atoms with Crippen LogP contribution in [-0.2, 0) is 0 Å². The van der Waals surface area contributed by atoms with E-state index in [2.05, 4.69) is 35.4 Å². The van der Waals surface area contributed by atoms with Gasteiger partial charge in [0.2, 0.25) is 11.9 Å². The van der Waals surface area contributed by atoms with Crippen LogP contribution in [0.25, 0.3) is 0 Å². The van der Waals surface area contributed by atoms with Crippen molar-refractivity contribution in [3.05, 3.63) is 46.7 Å². The molecule has 1 aromatic heterocycles. The van der Waals surface area contributed by atoms with E-state index in [1.807, 2.05) is 44.2 Å². The largest absolute Gasteiger partial charge is 0.368 e. The number of aryl methyl sites for hydroxylation is 2. The van der Waals surface area contributed by atoms with E-state index in [9.17, 15) is 0 Å². The summed E-state index contributed by atoms with van der Waals surface area (Å²) in [7, 11) is 1.76. The zero-order valence-corrected chi connectivity index (χ0v) is 17.8. The molecule has 148 valence electrons. The third-order valence-corrected chi connectivity index (χ3v) is 4.95. The van der Waals surface area contributed by atoms with Crippen LogP contribution >= 0.6 is 23.8 Å². The SMILES string of the molecule is CNC(=S)/N=C(/Nc1nc(C)cc(C)n1)N1CCN(c2ccc(Cl)cc2)CC1. The fraction of sp³-hybridized carbons (Fsp3) is 0.368. The fourth-order valence-corrected chi connectivity index (χ4v) is 3.25. The summed E-state index contributed by atoms with van der Waals surface area (Å²) in [4.78, 5) is 17.9. The van der Waals surface area contributed by atoms with Crippen molar-refractivity contribution < 1.29 is 0 Å². The maximum atomic E-state index is 6.00. The molecule has 3 rings (SSSR count). The van der Waals surface area contributed by atoms with Gasteiger partial charge in [-0.25, -0.2) is 9.97 Å². The van der Waals surface area contributed by atoms with Crippen LogP contribution in [0.3, 0.4) is 0 Å². The van der Waals surface area contributed by atoms with Gasteiger partial charge in [0.25, 0.3) is 0 Å². The van der Waals surface area contributed by atoms with E-state index >= 15 is 0 Å². The first-order valence-electron chi connectivity index (χ1n) is 9.10. The van der Waals surface area contributed by atoms with Crippen molar-refractivity contribution in [2.45, 2.75) is 13.8 Å². The third kappa shape index (κ3) is 5.30. The molecule has 1 aromatic carbocycles. The van der Waals surface area contributed by atoms with Crippen LogP contribution in [0.1, 0.15) is 11.4 Å². The van der Waals surface area contributed by atoms with E-state index in [1.165, 1.54) is 5.69 Å². The van der Waals surface area contributed by atoms with Crippen LogP contribution in [0.5, 0.6) is 0 Å². The highest BCUT2D eigenvalue weighted by Gasteiger charge is 2.21. The molecule has 0 spiro atoms. The molecule has 7 nitrogen and oxygen atoms in total. The average molecular weight is 418 g/mol. The van der Waals surface area contributed by atoms with Crippen LogP contribution in [-0.4, -0.2) is 59.2 Å². The summed E-state index contributed by atoms with van der Waals surface area (Å²) >= 11 is 11.2. The molecule has 1 aliphatic rings. The molecular formula is C19H24ClN7S. The second-order valence-electron chi connectivity index (χ2n) is 6.54. The molecule has 28 heavy (non-hydrogen) atoms. The Kier molecular flexibility index (Phi) is 6.64.